The maximum atomic E-state index is 12.2. The second kappa shape index (κ2) is 9.25. The summed E-state index contributed by atoms with van der Waals surface area (Å²) in [6, 6.07) is 9.65. The van der Waals surface area contributed by atoms with Gasteiger partial charge in [0, 0.05) is 32.2 Å². The van der Waals surface area contributed by atoms with Crippen molar-refractivity contribution < 1.29 is 19.8 Å². The van der Waals surface area contributed by atoms with E-state index in [-0.39, 0.29) is 24.6 Å². The summed E-state index contributed by atoms with van der Waals surface area (Å²) in [6.07, 6.45) is 1.42. The molecular formula is C19H23N5O4. The molecule has 28 heavy (non-hydrogen) atoms. The van der Waals surface area contributed by atoms with Crippen molar-refractivity contribution in [1.82, 2.24) is 20.2 Å². The predicted octanol–water partition coefficient (Wildman–Crippen LogP) is 0.122. The van der Waals surface area contributed by atoms with Crippen molar-refractivity contribution >= 4 is 17.7 Å². The molecule has 9 nitrogen and oxygen atoms in total. The SMILES string of the molecule is O=C(O)CNc1cc(C(=O)NC[C@H](O)CN2CCc3ccccc3C2)ncn1. The van der Waals surface area contributed by atoms with Gasteiger partial charge in [0.05, 0.1) is 6.10 Å². The first-order chi connectivity index (χ1) is 13.5. The van der Waals surface area contributed by atoms with Gasteiger partial charge in [-0.2, -0.15) is 0 Å². The van der Waals surface area contributed by atoms with Gasteiger partial charge in [-0.25, -0.2) is 9.97 Å². The van der Waals surface area contributed by atoms with Crippen molar-refractivity contribution in [3.63, 3.8) is 0 Å². The molecule has 0 saturated carbocycles. The Bertz CT molecular complexity index is 845. The summed E-state index contributed by atoms with van der Waals surface area (Å²) in [4.78, 5) is 32.7. The third-order valence-corrected chi connectivity index (χ3v) is 4.50. The summed E-state index contributed by atoms with van der Waals surface area (Å²) in [5.41, 5.74) is 2.71. The Balaban J connectivity index is 1.47. The molecular weight excluding hydrogens is 362 g/mol. The number of nitrogens with zero attached hydrogens (tertiary/aromatic N) is 3. The number of aliphatic hydroxyl groups excluding tert-OH is 1. The number of hydrogen-bond acceptors (Lipinski definition) is 7. The molecule has 1 aliphatic rings. The fraction of sp³-hybridized carbons (Fsp3) is 0.368. The van der Waals surface area contributed by atoms with Gasteiger partial charge >= 0.3 is 5.97 Å². The largest absolute Gasteiger partial charge is 0.480 e. The highest BCUT2D eigenvalue weighted by atomic mass is 16.4. The number of aromatic nitrogens is 2. The summed E-state index contributed by atoms with van der Waals surface area (Å²) in [7, 11) is 0. The minimum absolute atomic E-state index is 0.0961. The molecule has 0 radical (unpaired) electrons. The highest BCUT2D eigenvalue weighted by Gasteiger charge is 2.19. The van der Waals surface area contributed by atoms with Crippen LogP contribution in [0.2, 0.25) is 0 Å². The Morgan fingerprint density at radius 3 is 2.79 bits per heavy atom. The van der Waals surface area contributed by atoms with E-state index < -0.39 is 18.0 Å². The maximum absolute atomic E-state index is 12.2. The molecule has 0 saturated heterocycles. The Hall–Kier alpha value is -3.04. The number of aliphatic carboxylic acids is 1. The highest BCUT2D eigenvalue weighted by molar-refractivity contribution is 5.92. The van der Waals surface area contributed by atoms with Crippen LogP contribution in [0.5, 0.6) is 0 Å². The van der Waals surface area contributed by atoms with Gasteiger partial charge in [0.1, 0.15) is 24.4 Å². The molecule has 3 rings (SSSR count). The lowest BCUT2D eigenvalue weighted by atomic mass is 10.00. The van der Waals surface area contributed by atoms with E-state index >= 15 is 0 Å². The number of nitrogens with one attached hydrogen (secondary N) is 2. The van der Waals surface area contributed by atoms with E-state index in [1.54, 1.807) is 0 Å². The molecule has 148 valence electrons. The van der Waals surface area contributed by atoms with Crippen molar-refractivity contribution in [2.75, 3.05) is 31.5 Å². The molecule has 0 aliphatic carbocycles. The van der Waals surface area contributed by atoms with Crippen LogP contribution >= 0.6 is 0 Å². The minimum Gasteiger partial charge on any atom is -0.480 e. The van der Waals surface area contributed by atoms with E-state index in [4.69, 9.17) is 5.11 Å². The lowest BCUT2D eigenvalue weighted by Crippen LogP contribution is -2.42. The molecule has 9 heteroatoms. The number of hydrogen-bond donors (Lipinski definition) is 4. The van der Waals surface area contributed by atoms with Gasteiger partial charge in [0.25, 0.3) is 5.91 Å². The van der Waals surface area contributed by atoms with Crippen LogP contribution in [-0.2, 0) is 17.8 Å². The zero-order valence-electron chi connectivity index (χ0n) is 15.3. The second-order valence-electron chi connectivity index (χ2n) is 6.65. The summed E-state index contributed by atoms with van der Waals surface area (Å²) in [5, 5.41) is 24.2. The molecule has 4 N–H and O–H groups in total. The molecule has 2 aromatic rings. The number of carbonyl (C=O) groups is 2. The van der Waals surface area contributed by atoms with Crippen LogP contribution in [0.3, 0.4) is 0 Å². The monoisotopic (exact) mass is 385 g/mol. The average molecular weight is 385 g/mol. The van der Waals surface area contributed by atoms with Crippen LogP contribution in [0, 0.1) is 0 Å². The highest BCUT2D eigenvalue weighted by Crippen LogP contribution is 2.18. The van der Waals surface area contributed by atoms with Crippen LogP contribution in [0.4, 0.5) is 5.82 Å². The molecule has 1 aromatic carbocycles. The van der Waals surface area contributed by atoms with E-state index in [0.717, 1.165) is 19.5 Å². The fourth-order valence-electron chi connectivity index (χ4n) is 3.12. The van der Waals surface area contributed by atoms with Gasteiger partial charge in [-0.1, -0.05) is 24.3 Å². The number of amides is 1. The van der Waals surface area contributed by atoms with Crippen LogP contribution in [-0.4, -0.2) is 69.2 Å². The predicted molar refractivity (Wildman–Crippen MR) is 102 cm³/mol. The van der Waals surface area contributed by atoms with Gasteiger partial charge in [-0.15, -0.1) is 0 Å². The molecule has 2 heterocycles. The number of carbonyl (C=O) groups excluding carboxylic acids is 1. The molecule has 1 amide bonds. The number of benzene rings is 1. The summed E-state index contributed by atoms with van der Waals surface area (Å²) >= 11 is 0. The molecule has 0 bridgehead atoms. The lowest BCUT2D eigenvalue weighted by Gasteiger charge is -2.30. The summed E-state index contributed by atoms with van der Waals surface area (Å²) in [5.74, 6) is -1.24. The Morgan fingerprint density at radius 2 is 2.00 bits per heavy atom. The topological polar surface area (TPSA) is 128 Å². The second-order valence-corrected chi connectivity index (χ2v) is 6.65. The maximum Gasteiger partial charge on any atom is 0.322 e. The van der Waals surface area contributed by atoms with Gasteiger partial charge < -0.3 is 20.8 Å². The fourth-order valence-corrected chi connectivity index (χ4v) is 3.12. The summed E-state index contributed by atoms with van der Waals surface area (Å²) < 4.78 is 0. The van der Waals surface area contributed by atoms with Crippen molar-refractivity contribution in [3.8, 4) is 0 Å². The van der Waals surface area contributed by atoms with Gasteiger partial charge in [0.2, 0.25) is 0 Å². The van der Waals surface area contributed by atoms with Crippen molar-refractivity contribution in [1.29, 1.82) is 0 Å². The zero-order chi connectivity index (χ0) is 19.9. The van der Waals surface area contributed by atoms with E-state index in [9.17, 15) is 14.7 Å². The Labute approximate surface area is 162 Å². The first kappa shape index (κ1) is 19.7. The van der Waals surface area contributed by atoms with Crippen LogP contribution < -0.4 is 10.6 Å². The third-order valence-electron chi connectivity index (χ3n) is 4.50. The Kier molecular flexibility index (Phi) is 6.51. The first-order valence-corrected chi connectivity index (χ1v) is 9.04. The molecule has 1 aromatic heterocycles. The van der Waals surface area contributed by atoms with Crippen LogP contribution in [0.1, 0.15) is 21.6 Å². The van der Waals surface area contributed by atoms with Crippen molar-refractivity contribution in [3.05, 3.63) is 53.5 Å². The zero-order valence-corrected chi connectivity index (χ0v) is 15.3. The van der Waals surface area contributed by atoms with Crippen LogP contribution in [0.25, 0.3) is 0 Å². The molecule has 0 fully saturated rings. The number of fused-ring (bicyclic) bond motifs is 1. The number of rotatable bonds is 8. The van der Waals surface area contributed by atoms with E-state index in [1.165, 1.54) is 23.5 Å². The molecule has 0 unspecified atom stereocenters. The minimum atomic E-state index is -1.03. The third kappa shape index (κ3) is 5.48. The number of carboxylic acid groups (broad SMARTS) is 1. The quantitative estimate of drug-likeness (QED) is 0.505. The smallest absolute Gasteiger partial charge is 0.322 e. The van der Waals surface area contributed by atoms with E-state index in [2.05, 4.69) is 37.6 Å². The molecule has 1 aliphatic heterocycles. The normalized spacial score (nSPS) is 14.8. The van der Waals surface area contributed by atoms with Crippen LogP contribution in [0.15, 0.2) is 36.7 Å². The summed E-state index contributed by atoms with van der Waals surface area (Å²) in [6.45, 7) is 1.90. The van der Waals surface area contributed by atoms with E-state index in [0.29, 0.717) is 6.54 Å². The Morgan fingerprint density at radius 1 is 1.21 bits per heavy atom. The lowest BCUT2D eigenvalue weighted by molar-refractivity contribution is -0.134. The number of carboxylic acids is 1. The van der Waals surface area contributed by atoms with Gasteiger partial charge in [0.15, 0.2) is 0 Å². The van der Waals surface area contributed by atoms with E-state index in [1.807, 2.05) is 12.1 Å². The van der Waals surface area contributed by atoms with Crippen molar-refractivity contribution in [2.24, 2.45) is 0 Å². The average Bonchev–Trinajstić information content (AvgIpc) is 2.70. The standard InChI is InChI=1S/C19H23N5O4/c25-15(11-24-6-5-13-3-1-2-4-14(13)10-24)8-21-19(28)16-7-17(23-12-22-16)20-9-18(26)27/h1-4,7,12,15,25H,5-6,8-11H2,(H,21,28)(H,26,27)(H,20,22,23)/t15-/m0/s1. The van der Waals surface area contributed by atoms with Gasteiger partial charge in [-0.3, -0.25) is 14.5 Å². The molecule has 0 spiro atoms. The van der Waals surface area contributed by atoms with Crippen molar-refractivity contribution in [2.45, 2.75) is 19.1 Å². The molecule has 1 atom stereocenters. The number of β-amino-alcohol motifs (C(OH)–C–C–N with tert-alkyl or cyclic N) is 1. The van der Waals surface area contributed by atoms with Gasteiger partial charge in [-0.05, 0) is 17.5 Å². The number of aliphatic hydroxyl groups is 1. The number of anilines is 1. The first-order valence-electron chi connectivity index (χ1n) is 9.04.